The summed E-state index contributed by atoms with van der Waals surface area (Å²) in [6, 6.07) is 13.0. The van der Waals surface area contributed by atoms with Gasteiger partial charge in [-0.3, -0.25) is 9.69 Å². The minimum Gasteiger partial charge on any atom is -0.465 e. The summed E-state index contributed by atoms with van der Waals surface area (Å²) in [6.07, 6.45) is 5.19. The molecule has 1 fully saturated rings. The van der Waals surface area contributed by atoms with Crippen LogP contribution in [-0.4, -0.2) is 37.0 Å². The molecule has 1 heterocycles. The van der Waals surface area contributed by atoms with Crippen LogP contribution in [0.2, 0.25) is 0 Å². The fourth-order valence-corrected chi connectivity index (χ4v) is 3.61. The number of amides is 1. The minimum absolute atomic E-state index is 0.188. The summed E-state index contributed by atoms with van der Waals surface area (Å²) in [5.41, 5.74) is 3.58. The molecule has 1 aliphatic heterocycles. The van der Waals surface area contributed by atoms with Crippen LogP contribution < -0.4 is 5.32 Å². The highest BCUT2D eigenvalue weighted by molar-refractivity contribution is 6.05. The molecule has 0 spiro atoms. The summed E-state index contributed by atoms with van der Waals surface area (Å²) in [5, 5.41) is 2.90. The molecule has 1 N–H and O–H groups in total. The highest BCUT2D eigenvalue weighted by Gasteiger charge is 2.15. The van der Waals surface area contributed by atoms with E-state index in [1.54, 1.807) is 25.1 Å². The van der Waals surface area contributed by atoms with Crippen LogP contribution >= 0.6 is 0 Å². The van der Waals surface area contributed by atoms with Crippen molar-refractivity contribution in [2.45, 2.75) is 39.2 Å². The molecule has 0 atom stereocenters. The SMILES string of the molecule is COC(=O)c1cccc(NC(=O)c2ccc(CN3CCCCCC3)cc2)c1C. The van der Waals surface area contributed by atoms with Crippen molar-refractivity contribution in [2.24, 2.45) is 0 Å². The molecule has 0 saturated carbocycles. The van der Waals surface area contributed by atoms with E-state index in [4.69, 9.17) is 4.74 Å². The molecule has 1 amide bonds. The lowest BCUT2D eigenvalue weighted by Gasteiger charge is -2.19. The molecular weight excluding hydrogens is 352 g/mol. The summed E-state index contributed by atoms with van der Waals surface area (Å²) >= 11 is 0. The summed E-state index contributed by atoms with van der Waals surface area (Å²) < 4.78 is 4.79. The zero-order valence-corrected chi connectivity index (χ0v) is 16.7. The maximum absolute atomic E-state index is 12.6. The van der Waals surface area contributed by atoms with E-state index in [1.165, 1.54) is 38.4 Å². The lowest BCUT2D eigenvalue weighted by Crippen LogP contribution is -2.24. The second-order valence-corrected chi connectivity index (χ2v) is 7.31. The molecule has 2 aromatic rings. The smallest absolute Gasteiger partial charge is 0.338 e. The predicted octanol–water partition coefficient (Wildman–Crippen LogP) is 4.41. The zero-order chi connectivity index (χ0) is 19.9. The number of ether oxygens (including phenoxy) is 1. The maximum Gasteiger partial charge on any atom is 0.338 e. The van der Waals surface area contributed by atoms with Crippen LogP contribution in [0.15, 0.2) is 42.5 Å². The van der Waals surface area contributed by atoms with Gasteiger partial charge in [0.2, 0.25) is 0 Å². The Hall–Kier alpha value is -2.66. The van der Waals surface area contributed by atoms with Gasteiger partial charge in [-0.25, -0.2) is 4.79 Å². The minimum atomic E-state index is -0.411. The van der Waals surface area contributed by atoms with Gasteiger partial charge >= 0.3 is 5.97 Å². The fourth-order valence-electron chi connectivity index (χ4n) is 3.61. The van der Waals surface area contributed by atoms with Gasteiger partial charge in [-0.05, 0) is 68.2 Å². The van der Waals surface area contributed by atoms with E-state index in [0.29, 0.717) is 22.4 Å². The van der Waals surface area contributed by atoms with Gasteiger partial charge in [0.15, 0.2) is 0 Å². The Bertz CT molecular complexity index is 822. The van der Waals surface area contributed by atoms with Crippen molar-refractivity contribution in [3.05, 3.63) is 64.7 Å². The Kier molecular flexibility index (Phi) is 6.82. The number of esters is 1. The van der Waals surface area contributed by atoms with Crippen LogP contribution in [0.4, 0.5) is 5.69 Å². The topological polar surface area (TPSA) is 58.6 Å². The highest BCUT2D eigenvalue weighted by Crippen LogP contribution is 2.21. The Morgan fingerprint density at radius 2 is 1.68 bits per heavy atom. The van der Waals surface area contributed by atoms with Gasteiger partial charge in [0.25, 0.3) is 5.91 Å². The van der Waals surface area contributed by atoms with Gasteiger partial charge in [-0.2, -0.15) is 0 Å². The van der Waals surface area contributed by atoms with Crippen LogP contribution in [0.3, 0.4) is 0 Å². The van der Waals surface area contributed by atoms with Crippen molar-refractivity contribution in [1.82, 2.24) is 4.90 Å². The molecule has 5 heteroatoms. The normalized spacial score (nSPS) is 14.9. The summed E-state index contributed by atoms with van der Waals surface area (Å²) in [4.78, 5) is 26.9. The van der Waals surface area contributed by atoms with Gasteiger partial charge in [0, 0.05) is 17.8 Å². The molecule has 3 rings (SSSR count). The zero-order valence-electron chi connectivity index (χ0n) is 16.7. The second kappa shape index (κ2) is 9.51. The van der Waals surface area contributed by atoms with Crippen LogP contribution in [0, 0.1) is 6.92 Å². The van der Waals surface area contributed by atoms with Gasteiger partial charge in [0.05, 0.1) is 12.7 Å². The van der Waals surface area contributed by atoms with E-state index in [1.807, 2.05) is 24.3 Å². The molecule has 0 aliphatic carbocycles. The summed E-state index contributed by atoms with van der Waals surface area (Å²) in [6.45, 7) is 5.03. The van der Waals surface area contributed by atoms with Gasteiger partial charge in [0.1, 0.15) is 0 Å². The number of likely N-dealkylation sites (tertiary alicyclic amines) is 1. The third-order valence-electron chi connectivity index (χ3n) is 5.31. The molecule has 5 nitrogen and oxygen atoms in total. The summed E-state index contributed by atoms with van der Waals surface area (Å²) in [5.74, 6) is -0.599. The van der Waals surface area contributed by atoms with E-state index in [0.717, 1.165) is 19.6 Å². The van der Waals surface area contributed by atoms with E-state index >= 15 is 0 Å². The Morgan fingerprint density at radius 3 is 2.32 bits per heavy atom. The van der Waals surface area contributed by atoms with Crippen molar-refractivity contribution >= 4 is 17.6 Å². The lowest BCUT2D eigenvalue weighted by molar-refractivity contribution is 0.0599. The van der Waals surface area contributed by atoms with Crippen molar-refractivity contribution in [3.8, 4) is 0 Å². The highest BCUT2D eigenvalue weighted by atomic mass is 16.5. The van der Waals surface area contributed by atoms with Crippen LogP contribution in [0.1, 0.15) is 57.5 Å². The fraction of sp³-hybridized carbons (Fsp3) is 0.391. The molecule has 2 aromatic carbocycles. The van der Waals surface area contributed by atoms with Crippen LogP contribution in [0.25, 0.3) is 0 Å². The maximum atomic E-state index is 12.6. The standard InChI is InChI=1S/C23H28N2O3/c1-17-20(23(27)28-2)8-7-9-21(17)24-22(26)19-12-10-18(11-13-19)16-25-14-5-3-4-6-15-25/h7-13H,3-6,14-16H2,1-2H3,(H,24,26). The summed E-state index contributed by atoms with van der Waals surface area (Å²) in [7, 11) is 1.35. The van der Waals surface area contributed by atoms with E-state index in [2.05, 4.69) is 10.2 Å². The molecule has 148 valence electrons. The number of benzene rings is 2. The van der Waals surface area contributed by atoms with Gasteiger partial charge in [-0.1, -0.05) is 31.0 Å². The molecule has 1 aliphatic rings. The van der Waals surface area contributed by atoms with E-state index in [-0.39, 0.29) is 5.91 Å². The first-order valence-corrected chi connectivity index (χ1v) is 9.89. The number of nitrogens with zero attached hydrogens (tertiary/aromatic N) is 1. The lowest BCUT2D eigenvalue weighted by atomic mass is 10.1. The van der Waals surface area contributed by atoms with E-state index < -0.39 is 5.97 Å². The average molecular weight is 380 g/mol. The number of carbonyl (C=O) groups excluding carboxylic acids is 2. The Balaban J connectivity index is 1.66. The molecule has 1 saturated heterocycles. The number of nitrogens with one attached hydrogen (secondary N) is 1. The second-order valence-electron chi connectivity index (χ2n) is 7.31. The molecule has 28 heavy (non-hydrogen) atoms. The Labute approximate surface area is 166 Å². The third-order valence-corrected chi connectivity index (χ3v) is 5.31. The van der Waals surface area contributed by atoms with Crippen molar-refractivity contribution in [2.75, 3.05) is 25.5 Å². The van der Waals surface area contributed by atoms with Crippen LogP contribution in [-0.2, 0) is 11.3 Å². The third kappa shape index (κ3) is 4.98. The first kappa shape index (κ1) is 20.1. The Morgan fingerprint density at radius 1 is 1.00 bits per heavy atom. The van der Waals surface area contributed by atoms with Gasteiger partial charge < -0.3 is 10.1 Å². The van der Waals surface area contributed by atoms with Crippen molar-refractivity contribution in [1.29, 1.82) is 0 Å². The monoisotopic (exact) mass is 380 g/mol. The number of hydrogen-bond acceptors (Lipinski definition) is 4. The average Bonchev–Trinajstić information content (AvgIpc) is 2.98. The molecule has 0 aromatic heterocycles. The number of anilines is 1. The number of rotatable bonds is 5. The number of carbonyl (C=O) groups is 2. The number of methoxy groups -OCH3 is 1. The molecule has 0 bridgehead atoms. The quantitative estimate of drug-likeness (QED) is 0.781. The van der Waals surface area contributed by atoms with Gasteiger partial charge in [-0.15, -0.1) is 0 Å². The van der Waals surface area contributed by atoms with E-state index in [9.17, 15) is 9.59 Å². The van der Waals surface area contributed by atoms with Crippen molar-refractivity contribution in [3.63, 3.8) is 0 Å². The molecule has 0 unspecified atom stereocenters. The molecular formula is C23H28N2O3. The van der Waals surface area contributed by atoms with Crippen LogP contribution in [0.5, 0.6) is 0 Å². The van der Waals surface area contributed by atoms with Crippen molar-refractivity contribution < 1.29 is 14.3 Å². The molecule has 0 radical (unpaired) electrons. The number of hydrogen-bond donors (Lipinski definition) is 1. The largest absolute Gasteiger partial charge is 0.465 e. The first-order valence-electron chi connectivity index (χ1n) is 9.89. The predicted molar refractivity (Wildman–Crippen MR) is 111 cm³/mol. The first-order chi connectivity index (χ1) is 13.6.